The third-order valence-corrected chi connectivity index (χ3v) is 5.71. The fourth-order valence-electron chi connectivity index (χ4n) is 4.10. The lowest BCUT2D eigenvalue weighted by Crippen LogP contribution is -2.39. The normalized spacial score (nSPS) is 16.1. The van der Waals surface area contributed by atoms with Gasteiger partial charge in [-0.15, -0.1) is 0 Å². The first-order chi connectivity index (χ1) is 16.4. The van der Waals surface area contributed by atoms with E-state index >= 15 is 0 Å². The summed E-state index contributed by atoms with van der Waals surface area (Å²) >= 11 is 0. The van der Waals surface area contributed by atoms with Crippen molar-refractivity contribution in [1.29, 1.82) is 0 Å². The number of hydrogen-bond acceptors (Lipinski definition) is 7. The van der Waals surface area contributed by atoms with Gasteiger partial charge in [0.05, 0.1) is 30.3 Å². The molecule has 5 rings (SSSR count). The molecule has 0 bridgehead atoms. The van der Waals surface area contributed by atoms with E-state index in [1.54, 1.807) is 26.3 Å². The topological polar surface area (TPSA) is 93.2 Å². The molecule has 1 fully saturated rings. The third-order valence-electron chi connectivity index (χ3n) is 5.71. The van der Waals surface area contributed by atoms with Crippen LogP contribution < -0.4 is 15.2 Å². The predicted molar refractivity (Wildman–Crippen MR) is 122 cm³/mol. The van der Waals surface area contributed by atoms with Gasteiger partial charge in [-0.25, -0.2) is 23.7 Å². The van der Waals surface area contributed by atoms with Crippen LogP contribution >= 0.6 is 0 Å². The molecule has 0 radical (unpaired) electrons. The van der Waals surface area contributed by atoms with Gasteiger partial charge in [-0.1, -0.05) is 0 Å². The van der Waals surface area contributed by atoms with Crippen molar-refractivity contribution in [2.45, 2.75) is 13.0 Å². The molecule has 0 saturated carbocycles. The van der Waals surface area contributed by atoms with E-state index in [1.165, 1.54) is 6.07 Å². The van der Waals surface area contributed by atoms with Gasteiger partial charge in [0.25, 0.3) is 5.56 Å². The molecule has 1 N–H and O–H groups in total. The quantitative estimate of drug-likeness (QED) is 0.493. The Morgan fingerprint density at radius 3 is 2.82 bits per heavy atom. The van der Waals surface area contributed by atoms with Crippen LogP contribution in [0.25, 0.3) is 22.2 Å². The summed E-state index contributed by atoms with van der Waals surface area (Å²) in [6, 6.07) is 8.56. The van der Waals surface area contributed by atoms with E-state index in [0.717, 1.165) is 17.7 Å². The molecule has 4 heterocycles. The van der Waals surface area contributed by atoms with Gasteiger partial charge in [-0.3, -0.25) is 4.79 Å². The van der Waals surface area contributed by atoms with Gasteiger partial charge >= 0.3 is 0 Å². The highest BCUT2D eigenvalue weighted by molar-refractivity contribution is 5.93. The summed E-state index contributed by atoms with van der Waals surface area (Å²) in [6.07, 6.45) is 1.38. The average molecular weight is 465 g/mol. The van der Waals surface area contributed by atoms with Gasteiger partial charge in [0.2, 0.25) is 5.88 Å². The molecule has 1 atom stereocenters. The van der Waals surface area contributed by atoms with Crippen LogP contribution in [0.2, 0.25) is 0 Å². The molecule has 0 amide bonds. The maximum Gasteiger partial charge on any atom is 0.260 e. The number of H-pyrrole nitrogens is 1. The zero-order chi connectivity index (χ0) is 23.8. The summed E-state index contributed by atoms with van der Waals surface area (Å²) in [5.41, 5.74) is 0.954. The van der Waals surface area contributed by atoms with Crippen LogP contribution in [-0.2, 0) is 4.74 Å². The van der Waals surface area contributed by atoms with Crippen molar-refractivity contribution in [3.63, 3.8) is 0 Å². The number of nitrogens with zero attached hydrogens (tertiary/aromatic N) is 4. The second-order valence-corrected chi connectivity index (χ2v) is 7.94. The lowest BCUT2D eigenvalue weighted by atomic mass is 10.1. The standard InChI is InChI=1S/C24H21F2N5O3/c1-13-28-18-11-20(31-7-8-34-19(12-31)14-5-6-27-21(9-14)33-2)30-23(22(18)24(32)29-13)16-4-3-15(25)10-17(16)26/h3-6,9-11,19H,7-8,12H2,1-2H3,(H,28,29,32). The number of methoxy groups -OCH3 is 1. The first-order valence-electron chi connectivity index (χ1n) is 10.7. The smallest absolute Gasteiger partial charge is 0.260 e. The number of morpholine rings is 1. The Morgan fingerprint density at radius 2 is 2.03 bits per heavy atom. The number of hydrogen-bond donors (Lipinski definition) is 1. The number of pyridine rings is 2. The van der Waals surface area contributed by atoms with Crippen LogP contribution in [0.5, 0.6) is 5.88 Å². The minimum absolute atomic E-state index is 0.0214. The zero-order valence-electron chi connectivity index (χ0n) is 18.5. The van der Waals surface area contributed by atoms with E-state index in [1.807, 2.05) is 17.0 Å². The third kappa shape index (κ3) is 4.08. The van der Waals surface area contributed by atoms with Crippen molar-refractivity contribution in [1.82, 2.24) is 19.9 Å². The van der Waals surface area contributed by atoms with E-state index in [-0.39, 0.29) is 22.7 Å². The van der Waals surface area contributed by atoms with Crippen molar-refractivity contribution in [3.05, 3.63) is 76.0 Å². The molecule has 4 aromatic rings. The first-order valence-corrected chi connectivity index (χ1v) is 10.7. The predicted octanol–water partition coefficient (Wildman–Crippen LogP) is 3.55. The van der Waals surface area contributed by atoms with Crippen LogP contribution in [0.15, 0.2) is 47.4 Å². The second kappa shape index (κ2) is 8.79. The lowest BCUT2D eigenvalue weighted by Gasteiger charge is -2.34. The molecule has 1 aliphatic heterocycles. The molecular weight excluding hydrogens is 444 g/mol. The number of benzene rings is 1. The molecule has 174 valence electrons. The summed E-state index contributed by atoms with van der Waals surface area (Å²) in [7, 11) is 1.55. The van der Waals surface area contributed by atoms with Crippen molar-refractivity contribution < 1.29 is 18.3 Å². The van der Waals surface area contributed by atoms with E-state index in [4.69, 9.17) is 9.47 Å². The number of aryl methyl sites for hydroxylation is 1. The largest absolute Gasteiger partial charge is 0.481 e. The van der Waals surface area contributed by atoms with E-state index in [0.29, 0.717) is 42.7 Å². The number of nitrogens with one attached hydrogen (secondary N) is 1. The summed E-state index contributed by atoms with van der Waals surface area (Å²) in [6.45, 7) is 3.09. The summed E-state index contributed by atoms with van der Waals surface area (Å²) in [4.78, 5) is 30.6. The molecule has 1 aromatic carbocycles. The number of ether oxygens (including phenoxy) is 2. The van der Waals surface area contributed by atoms with Gasteiger partial charge in [0.1, 0.15) is 29.4 Å². The maximum absolute atomic E-state index is 14.7. The maximum atomic E-state index is 14.7. The highest BCUT2D eigenvalue weighted by Crippen LogP contribution is 2.32. The van der Waals surface area contributed by atoms with Crippen LogP contribution in [0.3, 0.4) is 0 Å². The van der Waals surface area contributed by atoms with Gasteiger partial charge < -0.3 is 19.4 Å². The fourth-order valence-corrected chi connectivity index (χ4v) is 4.10. The van der Waals surface area contributed by atoms with Gasteiger partial charge in [0, 0.05) is 43.0 Å². The molecular formula is C24H21F2N5O3. The Hall–Kier alpha value is -3.92. The van der Waals surface area contributed by atoms with E-state index in [9.17, 15) is 13.6 Å². The molecule has 10 heteroatoms. The number of anilines is 1. The van der Waals surface area contributed by atoms with Gasteiger partial charge in [-0.05, 0) is 30.7 Å². The zero-order valence-corrected chi connectivity index (χ0v) is 18.5. The number of fused-ring (bicyclic) bond motifs is 1. The summed E-state index contributed by atoms with van der Waals surface area (Å²) in [5.74, 6) is -0.111. The molecule has 34 heavy (non-hydrogen) atoms. The first kappa shape index (κ1) is 21.9. The summed E-state index contributed by atoms with van der Waals surface area (Å²) < 4.78 is 39.5. The Kier molecular flexibility index (Phi) is 5.66. The molecule has 1 unspecified atom stereocenters. The molecule has 0 spiro atoms. The Labute approximate surface area is 193 Å². The van der Waals surface area contributed by atoms with Crippen molar-refractivity contribution in [2.24, 2.45) is 0 Å². The highest BCUT2D eigenvalue weighted by atomic mass is 19.1. The number of aromatic amines is 1. The second-order valence-electron chi connectivity index (χ2n) is 7.94. The minimum Gasteiger partial charge on any atom is -0.481 e. The van der Waals surface area contributed by atoms with E-state index in [2.05, 4.69) is 19.9 Å². The Balaban J connectivity index is 1.61. The molecule has 3 aromatic heterocycles. The number of aromatic nitrogens is 4. The van der Waals surface area contributed by atoms with Crippen molar-refractivity contribution in [2.75, 3.05) is 31.7 Å². The van der Waals surface area contributed by atoms with Crippen molar-refractivity contribution in [3.8, 4) is 17.1 Å². The monoisotopic (exact) mass is 465 g/mol. The number of rotatable bonds is 4. The fraction of sp³-hybridized carbons (Fsp3) is 0.250. The Morgan fingerprint density at radius 1 is 1.18 bits per heavy atom. The van der Waals surface area contributed by atoms with Crippen LogP contribution in [0.1, 0.15) is 17.5 Å². The minimum atomic E-state index is -0.811. The molecule has 1 saturated heterocycles. The SMILES string of the molecule is COc1cc(C2CN(c3cc4nc(C)[nH]c(=O)c4c(-c4ccc(F)cc4F)n3)CCO2)ccn1. The van der Waals surface area contributed by atoms with E-state index < -0.39 is 17.2 Å². The van der Waals surface area contributed by atoms with Crippen LogP contribution in [0.4, 0.5) is 14.6 Å². The van der Waals surface area contributed by atoms with Gasteiger partial charge in [0.15, 0.2) is 0 Å². The van der Waals surface area contributed by atoms with Crippen LogP contribution in [-0.4, -0.2) is 46.7 Å². The van der Waals surface area contributed by atoms with Gasteiger partial charge in [-0.2, -0.15) is 0 Å². The lowest BCUT2D eigenvalue weighted by molar-refractivity contribution is 0.0393. The highest BCUT2D eigenvalue weighted by Gasteiger charge is 2.26. The van der Waals surface area contributed by atoms with Crippen molar-refractivity contribution >= 4 is 16.7 Å². The molecule has 8 nitrogen and oxygen atoms in total. The van der Waals surface area contributed by atoms with Crippen LogP contribution in [0, 0.1) is 18.6 Å². The average Bonchev–Trinajstić information content (AvgIpc) is 2.83. The molecule has 0 aliphatic carbocycles. The summed E-state index contributed by atoms with van der Waals surface area (Å²) in [5, 5.41) is 0.142. The molecule has 1 aliphatic rings. The number of halogens is 2. The Bertz CT molecular complexity index is 1440.